The van der Waals surface area contributed by atoms with Gasteiger partial charge in [-0.3, -0.25) is 4.98 Å². The summed E-state index contributed by atoms with van der Waals surface area (Å²) in [6, 6.07) is 3.98. The minimum atomic E-state index is -0.224. The van der Waals surface area contributed by atoms with Crippen LogP contribution in [0.3, 0.4) is 0 Å². The summed E-state index contributed by atoms with van der Waals surface area (Å²) >= 11 is 0. The molecule has 1 aliphatic heterocycles. The third kappa shape index (κ3) is 2.65. The molecule has 4 heteroatoms. The molecule has 4 nitrogen and oxygen atoms in total. The van der Waals surface area contributed by atoms with E-state index in [0.717, 1.165) is 29.7 Å². The Balaban J connectivity index is 2.08. The molecule has 0 amide bonds. The maximum absolute atomic E-state index is 12.5. The van der Waals surface area contributed by atoms with Gasteiger partial charge in [0.1, 0.15) is 0 Å². The van der Waals surface area contributed by atoms with Crippen molar-refractivity contribution in [2.45, 2.75) is 45.4 Å². The first kappa shape index (κ1) is 14.8. The average Bonchev–Trinajstić information content (AvgIpc) is 2.54. The van der Waals surface area contributed by atoms with Crippen LogP contribution in [0.1, 0.15) is 51.0 Å². The number of hydrogen-bond acceptors (Lipinski definition) is 4. The molecule has 2 aliphatic rings. The van der Waals surface area contributed by atoms with Crippen molar-refractivity contribution < 1.29 is 9.53 Å². The van der Waals surface area contributed by atoms with Crippen LogP contribution in [-0.2, 0) is 9.53 Å². The zero-order valence-corrected chi connectivity index (χ0v) is 13.2. The molecule has 0 aromatic carbocycles. The van der Waals surface area contributed by atoms with Gasteiger partial charge in [0.15, 0.2) is 0 Å². The van der Waals surface area contributed by atoms with Gasteiger partial charge >= 0.3 is 5.97 Å². The van der Waals surface area contributed by atoms with E-state index in [0.29, 0.717) is 6.61 Å². The summed E-state index contributed by atoms with van der Waals surface area (Å²) in [5, 5.41) is 3.45. The maximum Gasteiger partial charge on any atom is 0.336 e. The van der Waals surface area contributed by atoms with Crippen molar-refractivity contribution in [1.82, 2.24) is 10.3 Å². The van der Waals surface area contributed by atoms with Gasteiger partial charge < -0.3 is 10.1 Å². The van der Waals surface area contributed by atoms with Crippen LogP contribution in [-0.4, -0.2) is 17.6 Å². The normalized spacial score (nSPS) is 21.3. The van der Waals surface area contributed by atoms with Crippen LogP contribution in [0.25, 0.3) is 0 Å². The van der Waals surface area contributed by atoms with Crippen molar-refractivity contribution in [1.29, 1.82) is 0 Å². The number of nitrogens with zero attached hydrogens (tertiary/aromatic N) is 1. The van der Waals surface area contributed by atoms with Crippen LogP contribution >= 0.6 is 0 Å². The van der Waals surface area contributed by atoms with Gasteiger partial charge in [-0.1, -0.05) is 6.07 Å². The van der Waals surface area contributed by atoms with Crippen LogP contribution in [0.2, 0.25) is 0 Å². The van der Waals surface area contributed by atoms with E-state index in [9.17, 15) is 4.79 Å². The minimum Gasteiger partial charge on any atom is -0.463 e. The van der Waals surface area contributed by atoms with Gasteiger partial charge in [0, 0.05) is 29.7 Å². The predicted molar refractivity (Wildman–Crippen MR) is 84.9 cm³/mol. The number of allylic oxidation sites excluding steroid dienone is 3. The zero-order valence-electron chi connectivity index (χ0n) is 13.2. The fraction of sp³-hybridized carbons (Fsp3) is 0.444. The molecule has 1 atom stereocenters. The lowest BCUT2D eigenvalue weighted by Gasteiger charge is -2.34. The Morgan fingerprint density at radius 2 is 2.23 bits per heavy atom. The first-order valence-corrected chi connectivity index (χ1v) is 7.99. The van der Waals surface area contributed by atoms with E-state index in [2.05, 4.69) is 16.4 Å². The van der Waals surface area contributed by atoms with Crippen LogP contribution in [0, 0.1) is 0 Å². The van der Waals surface area contributed by atoms with Gasteiger partial charge in [0.2, 0.25) is 0 Å². The smallest absolute Gasteiger partial charge is 0.336 e. The molecule has 1 aromatic heterocycles. The second-order valence-electron chi connectivity index (χ2n) is 5.81. The number of hydrogen-bond donors (Lipinski definition) is 1. The SMILES string of the molecule is CCOC(=O)C1=C(C)NC2=C(CCCC2)C1c1cccnc1. The highest BCUT2D eigenvalue weighted by atomic mass is 16.5. The molecule has 0 spiro atoms. The highest BCUT2D eigenvalue weighted by molar-refractivity contribution is 5.92. The first-order valence-electron chi connectivity index (χ1n) is 7.99. The fourth-order valence-corrected chi connectivity index (χ4v) is 3.47. The van der Waals surface area contributed by atoms with E-state index in [1.54, 1.807) is 6.20 Å². The number of dihydropyridines is 1. The summed E-state index contributed by atoms with van der Waals surface area (Å²) in [7, 11) is 0. The second-order valence-corrected chi connectivity index (χ2v) is 5.81. The standard InChI is InChI=1S/C18H22N2O2/c1-3-22-18(21)16-12(2)20-15-9-5-4-8-14(15)17(16)13-7-6-10-19-11-13/h6-7,10-11,17,20H,3-5,8-9H2,1-2H3. The van der Waals surface area contributed by atoms with Crippen molar-refractivity contribution in [3.63, 3.8) is 0 Å². The molecule has 2 heterocycles. The lowest BCUT2D eigenvalue weighted by atomic mass is 9.76. The lowest BCUT2D eigenvalue weighted by Crippen LogP contribution is -2.31. The Morgan fingerprint density at radius 3 is 2.95 bits per heavy atom. The van der Waals surface area contributed by atoms with Crippen LogP contribution in [0.5, 0.6) is 0 Å². The Morgan fingerprint density at radius 1 is 1.41 bits per heavy atom. The maximum atomic E-state index is 12.5. The van der Waals surface area contributed by atoms with Gasteiger partial charge in [0.25, 0.3) is 0 Å². The van der Waals surface area contributed by atoms with Crippen LogP contribution < -0.4 is 5.32 Å². The van der Waals surface area contributed by atoms with Gasteiger partial charge in [-0.2, -0.15) is 0 Å². The number of carbonyl (C=O) groups is 1. The monoisotopic (exact) mass is 298 g/mol. The molecule has 0 fully saturated rings. The number of esters is 1. The zero-order chi connectivity index (χ0) is 15.5. The molecule has 22 heavy (non-hydrogen) atoms. The number of carbonyl (C=O) groups excluding carboxylic acids is 1. The summed E-state index contributed by atoms with van der Waals surface area (Å²) in [6.45, 7) is 4.20. The third-order valence-corrected chi connectivity index (χ3v) is 4.40. The molecule has 0 saturated heterocycles. The highest BCUT2D eigenvalue weighted by Gasteiger charge is 2.35. The summed E-state index contributed by atoms with van der Waals surface area (Å²) in [5.74, 6) is -0.247. The Labute approximate surface area is 131 Å². The van der Waals surface area contributed by atoms with Crippen molar-refractivity contribution in [3.05, 3.63) is 52.6 Å². The highest BCUT2D eigenvalue weighted by Crippen LogP contribution is 2.43. The van der Waals surface area contributed by atoms with Crippen LogP contribution in [0.15, 0.2) is 47.1 Å². The summed E-state index contributed by atoms with van der Waals surface area (Å²) in [6.07, 6.45) is 8.08. The van der Waals surface area contributed by atoms with E-state index in [1.807, 2.05) is 26.1 Å². The predicted octanol–water partition coefficient (Wildman–Crippen LogP) is 3.43. The van der Waals surface area contributed by atoms with E-state index in [1.165, 1.54) is 24.1 Å². The van der Waals surface area contributed by atoms with E-state index >= 15 is 0 Å². The van der Waals surface area contributed by atoms with Crippen molar-refractivity contribution in [2.24, 2.45) is 0 Å². The minimum absolute atomic E-state index is 0.0238. The van der Waals surface area contributed by atoms with Gasteiger partial charge in [-0.25, -0.2) is 4.79 Å². The molecule has 0 radical (unpaired) electrons. The van der Waals surface area contributed by atoms with Crippen molar-refractivity contribution in [2.75, 3.05) is 6.61 Å². The molecule has 3 rings (SSSR count). The Hall–Kier alpha value is -2.10. The molecule has 0 saturated carbocycles. The number of ether oxygens (including phenoxy) is 1. The molecular formula is C18H22N2O2. The van der Waals surface area contributed by atoms with Crippen molar-refractivity contribution in [3.8, 4) is 0 Å². The molecule has 1 unspecified atom stereocenters. The first-order chi connectivity index (χ1) is 10.7. The summed E-state index contributed by atoms with van der Waals surface area (Å²) < 4.78 is 5.30. The number of rotatable bonds is 3. The molecule has 1 aliphatic carbocycles. The summed E-state index contributed by atoms with van der Waals surface area (Å²) in [4.78, 5) is 16.7. The molecule has 0 bridgehead atoms. The topological polar surface area (TPSA) is 51.2 Å². The largest absolute Gasteiger partial charge is 0.463 e. The summed E-state index contributed by atoms with van der Waals surface area (Å²) in [5.41, 5.74) is 5.32. The van der Waals surface area contributed by atoms with E-state index < -0.39 is 0 Å². The van der Waals surface area contributed by atoms with Crippen LogP contribution in [0.4, 0.5) is 0 Å². The van der Waals surface area contributed by atoms with E-state index in [-0.39, 0.29) is 11.9 Å². The van der Waals surface area contributed by atoms with Gasteiger partial charge in [-0.15, -0.1) is 0 Å². The van der Waals surface area contributed by atoms with Gasteiger partial charge in [0.05, 0.1) is 12.2 Å². The average molecular weight is 298 g/mol. The number of pyridine rings is 1. The second kappa shape index (κ2) is 6.34. The fourth-order valence-electron chi connectivity index (χ4n) is 3.47. The third-order valence-electron chi connectivity index (χ3n) is 4.40. The quantitative estimate of drug-likeness (QED) is 0.869. The molecular weight excluding hydrogens is 276 g/mol. The number of nitrogens with one attached hydrogen (secondary N) is 1. The van der Waals surface area contributed by atoms with Gasteiger partial charge in [-0.05, 0) is 56.7 Å². The molecule has 1 N–H and O–H groups in total. The Kier molecular flexibility index (Phi) is 4.27. The Bertz CT molecular complexity index is 632. The lowest BCUT2D eigenvalue weighted by molar-refractivity contribution is -0.138. The molecule has 116 valence electrons. The number of aromatic nitrogens is 1. The van der Waals surface area contributed by atoms with E-state index in [4.69, 9.17) is 4.74 Å². The molecule has 1 aromatic rings. The van der Waals surface area contributed by atoms with Crippen molar-refractivity contribution >= 4 is 5.97 Å².